The molecule has 2 heteroatoms. The number of hydrogen-bond donors (Lipinski definition) is 1. The van der Waals surface area contributed by atoms with Crippen molar-refractivity contribution in [3.8, 4) is 6.07 Å². The fourth-order valence-electron chi connectivity index (χ4n) is 3.10. The first-order valence-corrected chi connectivity index (χ1v) is 7.31. The highest BCUT2D eigenvalue weighted by Crippen LogP contribution is 2.41. The number of benzene rings is 1. The van der Waals surface area contributed by atoms with Gasteiger partial charge < -0.3 is 5.32 Å². The van der Waals surface area contributed by atoms with Crippen LogP contribution in [0.3, 0.4) is 0 Å². The van der Waals surface area contributed by atoms with Gasteiger partial charge >= 0.3 is 0 Å². The number of hydrogen-bond acceptors (Lipinski definition) is 2. The molecule has 0 fully saturated rings. The Labute approximate surface area is 116 Å². The van der Waals surface area contributed by atoms with Gasteiger partial charge in [0.05, 0.1) is 12.5 Å². The molecule has 0 saturated carbocycles. The minimum absolute atomic E-state index is 0.270. The zero-order valence-corrected chi connectivity index (χ0v) is 12.2. The zero-order chi connectivity index (χ0) is 13.9. The van der Waals surface area contributed by atoms with Crippen molar-refractivity contribution in [1.82, 2.24) is 5.32 Å². The lowest BCUT2D eigenvalue weighted by Crippen LogP contribution is -2.37. The second kappa shape index (κ2) is 5.75. The molecular weight excluding hydrogens is 232 g/mol. The average Bonchev–Trinajstić information content (AvgIpc) is 2.41. The van der Waals surface area contributed by atoms with Gasteiger partial charge in [-0.1, -0.05) is 45.0 Å². The fraction of sp³-hybridized carbons (Fsp3) is 0.588. The third kappa shape index (κ3) is 2.98. The molecule has 2 rings (SSSR count). The highest BCUT2D eigenvalue weighted by atomic mass is 15.0. The topological polar surface area (TPSA) is 35.8 Å². The summed E-state index contributed by atoms with van der Waals surface area (Å²) >= 11 is 0. The van der Waals surface area contributed by atoms with Crippen LogP contribution in [0.2, 0.25) is 0 Å². The zero-order valence-electron chi connectivity index (χ0n) is 12.2. The summed E-state index contributed by atoms with van der Waals surface area (Å²) in [6.45, 7) is 6.80. The predicted molar refractivity (Wildman–Crippen MR) is 78.9 cm³/mol. The molecule has 2 unspecified atom stereocenters. The minimum atomic E-state index is 0.270. The van der Waals surface area contributed by atoms with Gasteiger partial charge in [-0.2, -0.15) is 5.26 Å². The van der Waals surface area contributed by atoms with Gasteiger partial charge in [0.2, 0.25) is 0 Å². The highest BCUT2D eigenvalue weighted by Gasteiger charge is 2.32. The molecule has 1 aromatic rings. The molecule has 2 nitrogen and oxygen atoms in total. The van der Waals surface area contributed by atoms with E-state index in [2.05, 4.69) is 56.4 Å². The lowest BCUT2D eigenvalue weighted by Gasteiger charge is -2.38. The number of nitrogens with one attached hydrogen (secondary N) is 1. The van der Waals surface area contributed by atoms with Gasteiger partial charge in [-0.25, -0.2) is 0 Å². The minimum Gasteiger partial charge on any atom is -0.306 e. The standard InChI is InChI=1S/C17H24N2/c1-4-13(10-12-18)19-16-9-11-17(2,3)15-8-6-5-7-14(15)16/h5-8,13,16,19H,4,9-11H2,1-3H3. The Morgan fingerprint density at radius 2 is 2.16 bits per heavy atom. The number of nitrogens with zero attached hydrogens (tertiary/aromatic N) is 1. The summed E-state index contributed by atoms with van der Waals surface area (Å²) in [5.74, 6) is 0. The van der Waals surface area contributed by atoms with Gasteiger partial charge in [-0.15, -0.1) is 0 Å². The van der Waals surface area contributed by atoms with E-state index in [4.69, 9.17) is 5.26 Å². The van der Waals surface area contributed by atoms with Gasteiger partial charge in [0.1, 0.15) is 0 Å². The van der Waals surface area contributed by atoms with Crippen molar-refractivity contribution in [2.24, 2.45) is 0 Å². The van der Waals surface area contributed by atoms with Crippen LogP contribution in [0.25, 0.3) is 0 Å². The van der Waals surface area contributed by atoms with Crippen LogP contribution in [0.1, 0.15) is 63.6 Å². The second-order valence-corrected chi connectivity index (χ2v) is 6.20. The van der Waals surface area contributed by atoms with E-state index < -0.39 is 0 Å². The molecule has 1 aromatic carbocycles. The van der Waals surface area contributed by atoms with Crippen molar-refractivity contribution in [2.45, 2.75) is 64.0 Å². The van der Waals surface area contributed by atoms with E-state index in [0.717, 1.165) is 12.8 Å². The summed E-state index contributed by atoms with van der Waals surface area (Å²) in [7, 11) is 0. The molecular formula is C17H24N2. The smallest absolute Gasteiger partial charge is 0.0638 e. The Balaban J connectivity index is 2.23. The molecule has 2 atom stereocenters. The van der Waals surface area contributed by atoms with Crippen LogP contribution in [0, 0.1) is 11.3 Å². The first-order chi connectivity index (χ1) is 9.08. The molecule has 0 radical (unpaired) electrons. The van der Waals surface area contributed by atoms with Gasteiger partial charge in [0.15, 0.2) is 0 Å². The molecule has 19 heavy (non-hydrogen) atoms. The van der Waals surface area contributed by atoms with Crippen molar-refractivity contribution in [2.75, 3.05) is 0 Å². The SMILES string of the molecule is CCC(CC#N)NC1CCC(C)(C)c2ccccc21. The second-order valence-electron chi connectivity index (χ2n) is 6.20. The summed E-state index contributed by atoms with van der Waals surface area (Å²) in [6.07, 6.45) is 3.96. The number of nitriles is 1. The normalized spacial score (nSPS) is 22.3. The Morgan fingerprint density at radius 3 is 2.84 bits per heavy atom. The Bertz CT molecular complexity index is 470. The van der Waals surface area contributed by atoms with Crippen molar-refractivity contribution in [3.05, 3.63) is 35.4 Å². The molecule has 0 aliphatic heterocycles. The van der Waals surface area contributed by atoms with Crippen LogP contribution in [0.5, 0.6) is 0 Å². The van der Waals surface area contributed by atoms with E-state index in [-0.39, 0.29) is 5.41 Å². The predicted octanol–water partition coefficient (Wildman–Crippen LogP) is 4.08. The number of rotatable bonds is 4. The van der Waals surface area contributed by atoms with Gasteiger partial charge in [0, 0.05) is 12.1 Å². The first kappa shape index (κ1) is 14.1. The molecule has 0 bridgehead atoms. The van der Waals surface area contributed by atoms with Crippen molar-refractivity contribution in [1.29, 1.82) is 5.26 Å². The van der Waals surface area contributed by atoms with Gasteiger partial charge in [-0.05, 0) is 35.8 Å². The fourth-order valence-corrected chi connectivity index (χ4v) is 3.10. The Hall–Kier alpha value is -1.33. The van der Waals surface area contributed by atoms with Crippen LogP contribution in [0.15, 0.2) is 24.3 Å². The lowest BCUT2D eigenvalue weighted by molar-refractivity contribution is 0.329. The molecule has 102 valence electrons. The summed E-state index contributed by atoms with van der Waals surface area (Å²) in [5, 5.41) is 12.6. The molecule has 0 amide bonds. The maximum Gasteiger partial charge on any atom is 0.0638 e. The van der Waals surface area contributed by atoms with E-state index in [1.165, 1.54) is 17.5 Å². The molecule has 1 N–H and O–H groups in total. The van der Waals surface area contributed by atoms with E-state index in [1.807, 2.05) is 0 Å². The summed E-state index contributed by atoms with van der Waals surface area (Å²) in [6, 6.07) is 11.8. The van der Waals surface area contributed by atoms with Crippen LogP contribution in [-0.4, -0.2) is 6.04 Å². The molecule has 1 aliphatic rings. The largest absolute Gasteiger partial charge is 0.306 e. The third-order valence-electron chi connectivity index (χ3n) is 4.39. The monoisotopic (exact) mass is 256 g/mol. The van der Waals surface area contributed by atoms with Crippen LogP contribution in [-0.2, 0) is 5.41 Å². The van der Waals surface area contributed by atoms with Crippen molar-refractivity contribution >= 4 is 0 Å². The molecule has 0 saturated heterocycles. The summed E-state index contributed by atoms with van der Waals surface area (Å²) in [5.41, 5.74) is 3.16. The maximum atomic E-state index is 8.89. The molecule has 0 aromatic heterocycles. The Kier molecular flexibility index (Phi) is 4.27. The third-order valence-corrected chi connectivity index (χ3v) is 4.39. The van der Waals surface area contributed by atoms with Gasteiger partial charge in [0.25, 0.3) is 0 Å². The Morgan fingerprint density at radius 1 is 1.42 bits per heavy atom. The summed E-state index contributed by atoms with van der Waals surface area (Å²) in [4.78, 5) is 0. The van der Waals surface area contributed by atoms with Gasteiger partial charge in [-0.3, -0.25) is 0 Å². The highest BCUT2D eigenvalue weighted by molar-refractivity contribution is 5.38. The summed E-state index contributed by atoms with van der Waals surface area (Å²) < 4.78 is 0. The number of fused-ring (bicyclic) bond motifs is 1. The van der Waals surface area contributed by atoms with E-state index >= 15 is 0 Å². The molecule has 0 heterocycles. The average molecular weight is 256 g/mol. The molecule has 1 aliphatic carbocycles. The van der Waals surface area contributed by atoms with Crippen molar-refractivity contribution in [3.63, 3.8) is 0 Å². The van der Waals surface area contributed by atoms with Crippen LogP contribution >= 0.6 is 0 Å². The first-order valence-electron chi connectivity index (χ1n) is 7.31. The maximum absolute atomic E-state index is 8.89. The van der Waals surface area contributed by atoms with Crippen LogP contribution in [0.4, 0.5) is 0 Å². The van der Waals surface area contributed by atoms with E-state index in [9.17, 15) is 0 Å². The van der Waals surface area contributed by atoms with Crippen molar-refractivity contribution < 1.29 is 0 Å². The lowest BCUT2D eigenvalue weighted by atomic mass is 9.71. The molecule has 0 spiro atoms. The van der Waals surface area contributed by atoms with Crippen LogP contribution < -0.4 is 5.32 Å². The quantitative estimate of drug-likeness (QED) is 0.881. The van der Waals surface area contributed by atoms with E-state index in [0.29, 0.717) is 18.5 Å². The van der Waals surface area contributed by atoms with E-state index in [1.54, 1.807) is 0 Å².